The number of nitrogen functional groups attached to an aromatic ring is 1. The average Bonchev–Trinajstić information content (AvgIpc) is 2.96. The fourth-order valence-electron chi connectivity index (χ4n) is 1.61. The molecule has 9 heteroatoms. The molecular formula is C10H11N5O4. The van der Waals surface area contributed by atoms with E-state index in [1.54, 1.807) is 13.0 Å². The third-order valence-corrected chi connectivity index (χ3v) is 2.44. The van der Waals surface area contributed by atoms with Gasteiger partial charge >= 0.3 is 11.7 Å². The van der Waals surface area contributed by atoms with Crippen molar-refractivity contribution < 1.29 is 14.1 Å². The van der Waals surface area contributed by atoms with Crippen LogP contribution in [0.2, 0.25) is 0 Å². The number of nitro groups is 1. The minimum Gasteiger partial charge on any atom is -0.454 e. The molecule has 0 radical (unpaired) electrons. The number of aryl methyl sites for hydroxylation is 1. The Labute approximate surface area is 107 Å². The highest BCUT2D eigenvalue weighted by Gasteiger charge is 2.17. The Hall–Kier alpha value is -2.68. The molecule has 0 atom stereocenters. The van der Waals surface area contributed by atoms with Crippen molar-refractivity contribution in [3.8, 4) is 0 Å². The van der Waals surface area contributed by atoms with Crippen molar-refractivity contribution in [2.45, 2.75) is 13.5 Å². The van der Waals surface area contributed by atoms with E-state index in [-0.39, 0.29) is 18.1 Å². The van der Waals surface area contributed by atoms with Gasteiger partial charge in [-0.15, -0.1) is 0 Å². The lowest BCUT2D eigenvalue weighted by molar-refractivity contribution is -0.389. The molecule has 9 nitrogen and oxygen atoms in total. The predicted molar refractivity (Wildman–Crippen MR) is 63.1 cm³/mol. The molecule has 0 fully saturated rings. The number of hydrazine groups is 1. The molecule has 0 saturated carbocycles. The van der Waals surface area contributed by atoms with E-state index in [2.05, 4.69) is 5.10 Å². The highest BCUT2D eigenvalue weighted by molar-refractivity contribution is 5.92. The number of rotatable bonds is 4. The third kappa shape index (κ3) is 2.60. The summed E-state index contributed by atoms with van der Waals surface area (Å²) in [6.45, 7) is 1.88. The molecule has 0 aromatic carbocycles. The summed E-state index contributed by atoms with van der Waals surface area (Å²) < 4.78 is 6.67. The van der Waals surface area contributed by atoms with Crippen molar-refractivity contribution in [3.63, 3.8) is 0 Å². The summed E-state index contributed by atoms with van der Waals surface area (Å²) in [5.41, 5.74) is 2.60. The summed E-state index contributed by atoms with van der Waals surface area (Å²) >= 11 is 0. The lowest BCUT2D eigenvalue weighted by Gasteiger charge is -1.95. The Bertz CT molecular complexity index is 630. The first-order valence-electron chi connectivity index (χ1n) is 5.29. The molecule has 0 spiro atoms. The first kappa shape index (κ1) is 12.8. The van der Waals surface area contributed by atoms with Gasteiger partial charge in [-0.05, 0) is 17.9 Å². The summed E-state index contributed by atoms with van der Waals surface area (Å²) in [6, 6.07) is 2.93. The SMILES string of the molecule is Cc1cc(Cn2ccc([N+](=O)[O-])n2)oc1C(=O)NN. The van der Waals surface area contributed by atoms with Crippen LogP contribution in [0.1, 0.15) is 21.9 Å². The van der Waals surface area contributed by atoms with Gasteiger partial charge in [0.2, 0.25) is 0 Å². The summed E-state index contributed by atoms with van der Waals surface area (Å²) in [6.07, 6.45) is 1.46. The molecule has 1 amide bonds. The van der Waals surface area contributed by atoms with Crippen LogP contribution in [0.25, 0.3) is 0 Å². The van der Waals surface area contributed by atoms with Gasteiger partial charge in [-0.3, -0.25) is 10.2 Å². The molecule has 0 aliphatic heterocycles. The second-order valence-electron chi connectivity index (χ2n) is 3.83. The molecule has 0 bridgehead atoms. The van der Waals surface area contributed by atoms with E-state index < -0.39 is 10.8 Å². The number of amides is 1. The van der Waals surface area contributed by atoms with Gasteiger partial charge in [-0.1, -0.05) is 0 Å². The largest absolute Gasteiger partial charge is 0.454 e. The Morgan fingerprint density at radius 1 is 1.68 bits per heavy atom. The minimum atomic E-state index is -0.586. The predicted octanol–water partition coefficient (Wildman–Crippen LogP) is 0.345. The second-order valence-corrected chi connectivity index (χ2v) is 3.83. The van der Waals surface area contributed by atoms with Crippen LogP contribution in [0.4, 0.5) is 5.82 Å². The van der Waals surface area contributed by atoms with E-state index in [1.807, 2.05) is 5.43 Å². The lowest BCUT2D eigenvalue weighted by atomic mass is 10.2. The van der Waals surface area contributed by atoms with E-state index in [0.717, 1.165) is 0 Å². The standard InChI is InChI=1S/C10H11N5O4/c1-6-4-7(19-9(6)10(16)12-11)5-14-3-2-8(13-14)15(17)18/h2-4H,5,11H2,1H3,(H,12,16). The van der Waals surface area contributed by atoms with Crippen molar-refractivity contribution in [2.75, 3.05) is 0 Å². The van der Waals surface area contributed by atoms with E-state index in [1.165, 1.54) is 16.9 Å². The lowest BCUT2D eigenvalue weighted by Crippen LogP contribution is -2.30. The average molecular weight is 265 g/mol. The quantitative estimate of drug-likeness (QED) is 0.355. The number of nitrogens with one attached hydrogen (secondary N) is 1. The molecule has 0 aliphatic carbocycles. The Morgan fingerprint density at radius 3 is 3.00 bits per heavy atom. The second kappa shape index (κ2) is 4.90. The highest BCUT2D eigenvalue weighted by atomic mass is 16.6. The van der Waals surface area contributed by atoms with E-state index in [9.17, 15) is 14.9 Å². The zero-order valence-corrected chi connectivity index (χ0v) is 9.99. The molecule has 19 heavy (non-hydrogen) atoms. The minimum absolute atomic E-state index is 0.110. The summed E-state index contributed by atoms with van der Waals surface area (Å²) in [5, 5.41) is 14.2. The number of nitrogens with zero attached hydrogens (tertiary/aromatic N) is 3. The Morgan fingerprint density at radius 2 is 2.42 bits per heavy atom. The van der Waals surface area contributed by atoms with Gasteiger partial charge in [-0.25, -0.2) is 5.84 Å². The zero-order chi connectivity index (χ0) is 14.0. The maximum atomic E-state index is 11.4. The zero-order valence-electron chi connectivity index (χ0n) is 9.99. The van der Waals surface area contributed by atoms with Gasteiger partial charge in [-0.2, -0.15) is 4.68 Å². The van der Waals surface area contributed by atoms with E-state index in [4.69, 9.17) is 10.3 Å². The Kier molecular flexibility index (Phi) is 3.29. The summed E-state index contributed by atoms with van der Waals surface area (Å²) in [5.74, 6) is 4.80. The number of carbonyl (C=O) groups is 1. The number of carbonyl (C=O) groups excluding carboxylic acids is 1. The topological polar surface area (TPSA) is 129 Å². The molecule has 100 valence electrons. The van der Waals surface area contributed by atoms with E-state index in [0.29, 0.717) is 11.3 Å². The van der Waals surface area contributed by atoms with Crippen LogP contribution >= 0.6 is 0 Å². The van der Waals surface area contributed by atoms with Gasteiger partial charge in [0.05, 0.1) is 17.4 Å². The smallest absolute Gasteiger partial charge is 0.389 e. The van der Waals surface area contributed by atoms with Crippen molar-refractivity contribution >= 4 is 11.7 Å². The Balaban J connectivity index is 2.19. The van der Waals surface area contributed by atoms with Crippen molar-refractivity contribution in [1.82, 2.24) is 15.2 Å². The molecule has 2 aromatic heterocycles. The maximum absolute atomic E-state index is 11.4. The molecular weight excluding hydrogens is 254 g/mol. The van der Waals surface area contributed by atoms with Crippen molar-refractivity contribution in [2.24, 2.45) is 5.84 Å². The monoisotopic (exact) mass is 265 g/mol. The number of hydrogen-bond acceptors (Lipinski definition) is 6. The van der Waals surface area contributed by atoms with Crippen LogP contribution in [0.5, 0.6) is 0 Å². The first-order valence-corrected chi connectivity index (χ1v) is 5.29. The summed E-state index contributed by atoms with van der Waals surface area (Å²) in [4.78, 5) is 21.3. The fraction of sp³-hybridized carbons (Fsp3) is 0.200. The highest BCUT2D eigenvalue weighted by Crippen LogP contribution is 2.16. The normalized spacial score (nSPS) is 10.4. The number of furan rings is 1. The number of hydrogen-bond donors (Lipinski definition) is 2. The van der Waals surface area contributed by atoms with Crippen LogP contribution in [0.15, 0.2) is 22.7 Å². The van der Waals surface area contributed by atoms with Gasteiger partial charge in [0, 0.05) is 5.56 Å². The van der Waals surface area contributed by atoms with E-state index >= 15 is 0 Å². The first-order chi connectivity index (χ1) is 9.01. The summed E-state index contributed by atoms with van der Waals surface area (Å²) in [7, 11) is 0. The van der Waals surface area contributed by atoms with Crippen LogP contribution in [0, 0.1) is 17.0 Å². The molecule has 2 heterocycles. The number of nitrogens with two attached hydrogens (primary N) is 1. The number of aromatic nitrogens is 2. The van der Waals surface area contributed by atoms with Crippen molar-refractivity contribution in [3.05, 3.63) is 45.5 Å². The molecule has 0 saturated heterocycles. The molecule has 2 aromatic rings. The molecule has 3 N–H and O–H groups in total. The van der Waals surface area contributed by atoms with Crippen LogP contribution in [-0.4, -0.2) is 20.6 Å². The molecule has 0 unspecified atom stereocenters. The fourth-order valence-corrected chi connectivity index (χ4v) is 1.61. The van der Waals surface area contributed by atoms with Crippen LogP contribution in [0.3, 0.4) is 0 Å². The van der Waals surface area contributed by atoms with Gasteiger partial charge in [0.15, 0.2) is 5.76 Å². The van der Waals surface area contributed by atoms with Crippen molar-refractivity contribution in [1.29, 1.82) is 0 Å². The third-order valence-electron chi connectivity index (χ3n) is 2.44. The maximum Gasteiger partial charge on any atom is 0.389 e. The molecule has 2 rings (SSSR count). The van der Waals surface area contributed by atoms with Gasteiger partial charge in [0.25, 0.3) is 0 Å². The van der Waals surface area contributed by atoms with Gasteiger partial charge < -0.3 is 14.5 Å². The molecule has 0 aliphatic rings. The van der Waals surface area contributed by atoms with Gasteiger partial charge in [0.1, 0.15) is 12.3 Å². The van der Waals surface area contributed by atoms with Crippen LogP contribution in [-0.2, 0) is 6.54 Å². The van der Waals surface area contributed by atoms with Crippen LogP contribution < -0.4 is 11.3 Å².